The fraction of sp³-hybridized carbons (Fsp3) is 0.500. The number of hydrogen-bond donors (Lipinski definition) is 3. The molecule has 11 heteroatoms. The Morgan fingerprint density at radius 2 is 2.11 bits per heavy atom. The van der Waals surface area contributed by atoms with Crippen LogP contribution in [0.2, 0.25) is 0 Å². The van der Waals surface area contributed by atoms with Crippen molar-refractivity contribution in [2.24, 2.45) is 11.7 Å². The number of pyridine rings is 1. The summed E-state index contributed by atoms with van der Waals surface area (Å²) in [5.74, 6) is 1.19. The molecule has 0 radical (unpaired) electrons. The summed E-state index contributed by atoms with van der Waals surface area (Å²) in [7, 11) is -0.372. The van der Waals surface area contributed by atoms with Crippen molar-refractivity contribution < 1.29 is 19.3 Å². The van der Waals surface area contributed by atoms with Gasteiger partial charge in [0.15, 0.2) is 8.38 Å². The number of rotatable bonds is 5. The minimum atomic E-state index is -1.86. The normalized spacial score (nSPS) is 15.5. The molecule has 3 heterocycles. The molecule has 0 aromatic carbocycles. The average molecular weight is 395 g/mol. The average Bonchev–Trinajstić information content (AvgIpc) is 2.65. The highest BCUT2D eigenvalue weighted by Gasteiger charge is 2.24. The summed E-state index contributed by atoms with van der Waals surface area (Å²) in [6.45, 7) is 1.32. The van der Waals surface area contributed by atoms with Crippen molar-refractivity contribution in [3.63, 3.8) is 0 Å². The molecule has 0 saturated carbocycles. The molecular formula is C16H22N5O5P. The van der Waals surface area contributed by atoms with Crippen LogP contribution in [0, 0.1) is 5.92 Å². The molecule has 0 aliphatic carbocycles. The zero-order valence-corrected chi connectivity index (χ0v) is 15.8. The summed E-state index contributed by atoms with van der Waals surface area (Å²) in [6.07, 6.45) is 4.26. The third-order valence-corrected chi connectivity index (χ3v) is 5.45. The number of nitrogens with two attached hydrogens (primary N) is 1. The van der Waals surface area contributed by atoms with Gasteiger partial charge >= 0.3 is 6.03 Å². The Kier molecular flexibility index (Phi) is 5.88. The molecule has 2 aromatic heterocycles. The number of piperidine rings is 1. The van der Waals surface area contributed by atoms with Gasteiger partial charge in [0.1, 0.15) is 5.82 Å². The third-order valence-electron chi connectivity index (χ3n) is 4.80. The van der Waals surface area contributed by atoms with Crippen LogP contribution in [-0.2, 0) is 0 Å². The molecule has 10 nitrogen and oxygen atoms in total. The maximum Gasteiger partial charge on any atom is 0.342 e. The van der Waals surface area contributed by atoms with Gasteiger partial charge in [-0.3, -0.25) is 4.79 Å². The molecule has 0 unspecified atom stereocenters. The number of nitrogens with zero attached hydrogens (tertiary/aromatic N) is 4. The molecule has 27 heavy (non-hydrogen) atoms. The molecule has 3 rings (SSSR count). The molecule has 1 amide bonds. The molecule has 0 spiro atoms. The minimum absolute atomic E-state index is 0.275. The minimum Gasteiger partial charge on any atom is -0.481 e. The highest BCUT2D eigenvalue weighted by atomic mass is 31.2. The van der Waals surface area contributed by atoms with Crippen LogP contribution in [0.5, 0.6) is 5.88 Å². The predicted molar refractivity (Wildman–Crippen MR) is 101 cm³/mol. The number of ether oxygens (including phenoxy) is 1. The Hall–Kier alpha value is -2.29. The first-order chi connectivity index (χ1) is 12.9. The van der Waals surface area contributed by atoms with Crippen LogP contribution in [0.15, 0.2) is 17.1 Å². The highest BCUT2D eigenvalue weighted by molar-refractivity contribution is 7.45. The zero-order chi connectivity index (χ0) is 19.6. The number of anilines is 1. The zero-order valence-electron chi connectivity index (χ0n) is 14.9. The van der Waals surface area contributed by atoms with E-state index in [2.05, 4.69) is 10.1 Å². The molecule has 0 atom stereocenters. The van der Waals surface area contributed by atoms with Crippen LogP contribution in [0.1, 0.15) is 19.3 Å². The monoisotopic (exact) mass is 395 g/mol. The first-order valence-corrected chi connectivity index (χ1v) is 10.0. The van der Waals surface area contributed by atoms with Crippen molar-refractivity contribution in [3.8, 4) is 5.88 Å². The Labute approximate surface area is 156 Å². The van der Waals surface area contributed by atoms with Crippen molar-refractivity contribution in [1.82, 2.24) is 14.8 Å². The quantitative estimate of drug-likeness (QED) is 0.626. The summed E-state index contributed by atoms with van der Waals surface area (Å²) in [5, 5.41) is 4.60. The Morgan fingerprint density at radius 1 is 1.41 bits per heavy atom. The van der Waals surface area contributed by atoms with E-state index in [0.29, 0.717) is 46.9 Å². The van der Waals surface area contributed by atoms with Crippen LogP contribution >= 0.6 is 8.38 Å². The summed E-state index contributed by atoms with van der Waals surface area (Å²) in [4.78, 5) is 48.8. The molecule has 1 aliphatic heterocycles. The van der Waals surface area contributed by atoms with E-state index in [1.807, 2.05) is 4.90 Å². The van der Waals surface area contributed by atoms with Gasteiger partial charge in [0.2, 0.25) is 5.88 Å². The van der Waals surface area contributed by atoms with E-state index in [1.165, 1.54) is 13.3 Å². The van der Waals surface area contributed by atoms with E-state index in [1.54, 1.807) is 6.07 Å². The molecule has 1 aliphatic rings. The molecule has 0 bridgehead atoms. The molecule has 146 valence electrons. The second-order valence-electron chi connectivity index (χ2n) is 6.47. The van der Waals surface area contributed by atoms with Crippen molar-refractivity contribution in [3.05, 3.63) is 22.6 Å². The number of primary amides is 1. The topological polar surface area (TPSA) is 144 Å². The van der Waals surface area contributed by atoms with Gasteiger partial charge in [0.05, 0.1) is 18.7 Å². The fourth-order valence-corrected chi connectivity index (χ4v) is 3.94. The highest BCUT2D eigenvalue weighted by Crippen LogP contribution is 2.32. The lowest BCUT2D eigenvalue weighted by Gasteiger charge is -2.33. The standard InChI is InChI=1S/C16H22N5O5P/c1-26-12-8-11-9-18-21(16(17)23)15(22)13(11)14(19-12)20-5-2-10(3-6-20)4-7-27(24)25/h8-10,24-25H,2-7H2,1H3,(H2,17,23). The second-order valence-corrected chi connectivity index (χ2v) is 7.66. The van der Waals surface area contributed by atoms with Crippen LogP contribution in [-0.4, -0.2) is 56.9 Å². The molecule has 4 N–H and O–H groups in total. The van der Waals surface area contributed by atoms with Gasteiger partial charge in [-0.2, -0.15) is 10.1 Å². The molecule has 2 aromatic rings. The van der Waals surface area contributed by atoms with Gasteiger partial charge in [0, 0.05) is 30.7 Å². The SMILES string of the molecule is COc1cc2cnn(C(N)=O)c(=O)c2c(N2CCC(CCP(O)O)CC2)n1. The van der Waals surface area contributed by atoms with Crippen LogP contribution in [0.3, 0.4) is 0 Å². The van der Waals surface area contributed by atoms with Crippen LogP contribution in [0.25, 0.3) is 10.8 Å². The number of aromatic nitrogens is 3. The van der Waals surface area contributed by atoms with Crippen LogP contribution < -0.4 is 20.9 Å². The third kappa shape index (κ3) is 4.18. The number of carbonyl (C=O) groups is 1. The van der Waals surface area contributed by atoms with Gasteiger partial charge < -0.3 is 25.2 Å². The lowest BCUT2D eigenvalue weighted by Crippen LogP contribution is -2.37. The van der Waals surface area contributed by atoms with Crippen LogP contribution in [0.4, 0.5) is 10.6 Å². The largest absolute Gasteiger partial charge is 0.481 e. The summed E-state index contributed by atoms with van der Waals surface area (Å²) < 4.78 is 5.86. The first kappa shape index (κ1) is 19.5. The van der Waals surface area contributed by atoms with E-state index in [0.717, 1.165) is 19.3 Å². The van der Waals surface area contributed by atoms with Crippen molar-refractivity contribution in [2.45, 2.75) is 19.3 Å². The van der Waals surface area contributed by atoms with Crippen molar-refractivity contribution >= 4 is 31.0 Å². The van der Waals surface area contributed by atoms with Gasteiger partial charge in [-0.15, -0.1) is 4.68 Å². The number of amides is 1. The molecule has 1 saturated heterocycles. The van der Waals surface area contributed by atoms with Gasteiger partial charge in [-0.1, -0.05) is 0 Å². The first-order valence-electron chi connectivity index (χ1n) is 8.57. The van der Waals surface area contributed by atoms with E-state index in [4.69, 9.17) is 20.3 Å². The number of fused-ring (bicyclic) bond motifs is 1. The number of methoxy groups -OCH3 is 1. The Balaban J connectivity index is 1.95. The van der Waals surface area contributed by atoms with Gasteiger partial charge in [0.25, 0.3) is 5.56 Å². The maximum atomic E-state index is 12.7. The van der Waals surface area contributed by atoms with Crippen molar-refractivity contribution in [1.29, 1.82) is 0 Å². The molecule has 1 fully saturated rings. The maximum absolute atomic E-state index is 12.7. The lowest BCUT2D eigenvalue weighted by molar-refractivity contribution is 0.246. The van der Waals surface area contributed by atoms with E-state index in [9.17, 15) is 9.59 Å². The smallest absolute Gasteiger partial charge is 0.342 e. The van der Waals surface area contributed by atoms with E-state index in [-0.39, 0.29) is 5.39 Å². The van der Waals surface area contributed by atoms with Crippen molar-refractivity contribution in [2.75, 3.05) is 31.3 Å². The summed E-state index contributed by atoms with van der Waals surface area (Å²) in [5.41, 5.74) is 4.62. The van der Waals surface area contributed by atoms with E-state index >= 15 is 0 Å². The number of hydrogen-bond acceptors (Lipinski definition) is 8. The Morgan fingerprint density at radius 3 is 2.70 bits per heavy atom. The van der Waals surface area contributed by atoms with Gasteiger partial charge in [-0.25, -0.2) is 4.79 Å². The second kappa shape index (κ2) is 8.16. The Bertz CT molecular complexity index is 895. The fourth-order valence-electron chi connectivity index (χ4n) is 3.35. The predicted octanol–water partition coefficient (Wildman–Crippen LogP) is 0.630. The van der Waals surface area contributed by atoms with E-state index < -0.39 is 20.0 Å². The summed E-state index contributed by atoms with van der Waals surface area (Å²) >= 11 is 0. The molecular weight excluding hydrogens is 373 g/mol. The van der Waals surface area contributed by atoms with Gasteiger partial charge in [-0.05, 0) is 25.2 Å². The summed E-state index contributed by atoms with van der Waals surface area (Å²) in [6, 6.07) is 0.641. The number of carbonyl (C=O) groups excluding carboxylic acids is 1. The lowest BCUT2D eigenvalue weighted by atomic mass is 9.94.